The van der Waals surface area contributed by atoms with E-state index in [1.165, 1.54) is 0 Å². The monoisotopic (exact) mass is 460 g/mol. The van der Waals surface area contributed by atoms with E-state index in [0.717, 1.165) is 41.7 Å². The first-order chi connectivity index (χ1) is 14.0. The molecule has 1 aromatic rings. The average Bonchev–Trinajstić information content (AvgIpc) is 3.47. The summed E-state index contributed by atoms with van der Waals surface area (Å²) in [5.74, 6) is 0.492. The van der Waals surface area contributed by atoms with Gasteiger partial charge in [-0.2, -0.15) is 0 Å². The molecule has 2 amide bonds. The number of benzene rings is 1. The molecule has 1 aromatic carbocycles. The predicted octanol–water partition coefficient (Wildman–Crippen LogP) is 0.849. The van der Waals surface area contributed by atoms with Gasteiger partial charge in [0.2, 0.25) is 5.91 Å². The van der Waals surface area contributed by atoms with E-state index >= 15 is 0 Å². The molecule has 3 aliphatic heterocycles. The maximum Gasteiger partial charge on any atom is 0.254 e. The van der Waals surface area contributed by atoms with Gasteiger partial charge in [-0.25, -0.2) is 5.43 Å². The molecule has 1 saturated carbocycles. The molecule has 3 heterocycles. The zero-order chi connectivity index (χ0) is 20.1. The van der Waals surface area contributed by atoms with Gasteiger partial charge in [0.15, 0.2) is 0 Å². The molecule has 29 heavy (non-hydrogen) atoms. The minimum absolute atomic E-state index is 0.0694. The number of nitrogens with one attached hydrogen (secondary N) is 3. The van der Waals surface area contributed by atoms with Crippen molar-refractivity contribution in [2.75, 3.05) is 31.2 Å². The number of anilines is 1. The van der Waals surface area contributed by atoms with Crippen LogP contribution in [0.2, 0.25) is 0 Å². The molecule has 154 valence electrons. The highest BCUT2D eigenvalue weighted by atomic mass is 79.9. The molecule has 3 N–H and O–H groups in total. The Balaban J connectivity index is 1.23. The molecule has 0 radical (unpaired) electrons. The number of nitrogens with zero attached hydrogens (tertiary/aromatic N) is 3. The summed E-state index contributed by atoms with van der Waals surface area (Å²) in [6.45, 7) is 4.97. The molecule has 0 aromatic heterocycles. The molecule has 3 fully saturated rings. The topological polar surface area (TPSA) is 80.0 Å². The Bertz CT molecular complexity index is 878. The van der Waals surface area contributed by atoms with E-state index in [9.17, 15) is 9.59 Å². The number of hydrazine groups is 1. The highest BCUT2D eigenvalue weighted by Crippen LogP contribution is 2.31. The minimum Gasteiger partial charge on any atom is -0.340 e. The first-order valence-corrected chi connectivity index (χ1v) is 10.9. The smallest absolute Gasteiger partial charge is 0.254 e. The van der Waals surface area contributed by atoms with E-state index in [1.54, 1.807) is 0 Å². The molecular weight excluding hydrogens is 436 g/mol. The van der Waals surface area contributed by atoms with Gasteiger partial charge in [-0.15, -0.1) is 0 Å². The van der Waals surface area contributed by atoms with Crippen LogP contribution >= 0.6 is 15.9 Å². The van der Waals surface area contributed by atoms with Crippen molar-refractivity contribution < 1.29 is 9.59 Å². The lowest BCUT2D eigenvalue weighted by Crippen LogP contribution is -2.69. The van der Waals surface area contributed by atoms with Gasteiger partial charge in [0, 0.05) is 42.8 Å². The van der Waals surface area contributed by atoms with Crippen molar-refractivity contribution in [1.82, 2.24) is 25.9 Å². The molecule has 0 bridgehead atoms. The van der Waals surface area contributed by atoms with E-state index in [1.807, 2.05) is 35.2 Å². The predicted molar refractivity (Wildman–Crippen MR) is 112 cm³/mol. The fourth-order valence-corrected chi connectivity index (χ4v) is 4.67. The van der Waals surface area contributed by atoms with Crippen LogP contribution in [0.1, 0.15) is 18.4 Å². The Morgan fingerprint density at radius 1 is 1.17 bits per heavy atom. The van der Waals surface area contributed by atoms with Crippen LogP contribution in [0.3, 0.4) is 0 Å². The molecular formula is C20H25BrN6O2. The number of carbonyl (C=O) groups excluding carboxylic acids is 2. The number of halogens is 1. The van der Waals surface area contributed by atoms with Crippen molar-refractivity contribution >= 4 is 33.4 Å². The van der Waals surface area contributed by atoms with Crippen LogP contribution in [0.25, 0.3) is 0 Å². The normalized spacial score (nSPS) is 27.5. The number of fused-ring (bicyclic) bond motifs is 1. The number of aryl methyl sites for hydroxylation is 1. The number of rotatable bonds is 3. The molecule has 4 aliphatic rings. The van der Waals surface area contributed by atoms with E-state index in [4.69, 9.17) is 0 Å². The van der Waals surface area contributed by atoms with Gasteiger partial charge >= 0.3 is 0 Å². The summed E-state index contributed by atoms with van der Waals surface area (Å²) in [4.78, 5) is 29.2. The zero-order valence-corrected chi connectivity index (χ0v) is 17.9. The summed E-state index contributed by atoms with van der Waals surface area (Å²) in [5, 5.41) is 8.45. The molecule has 2 unspecified atom stereocenters. The summed E-state index contributed by atoms with van der Waals surface area (Å²) in [6, 6.07) is 6.06. The summed E-state index contributed by atoms with van der Waals surface area (Å²) >= 11 is 3.49. The van der Waals surface area contributed by atoms with E-state index < -0.39 is 0 Å². The molecule has 9 heteroatoms. The number of hydrogen-bond donors (Lipinski definition) is 3. The third kappa shape index (κ3) is 3.68. The third-order valence-corrected chi connectivity index (χ3v) is 6.53. The number of piperazine rings is 1. The molecule has 2 atom stereocenters. The first kappa shape index (κ1) is 19.0. The largest absolute Gasteiger partial charge is 0.340 e. The van der Waals surface area contributed by atoms with Crippen LogP contribution in [-0.2, 0) is 9.59 Å². The first-order valence-electron chi connectivity index (χ1n) is 10.1. The Labute approximate surface area is 178 Å². The third-order valence-electron chi connectivity index (χ3n) is 6.04. The molecule has 0 spiro atoms. The molecule has 8 nitrogen and oxygen atoms in total. The van der Waals surface area contributed by atoms with Gasteiger partial charge in [-0.05, 0) is 43.5 Å². The van der Waals surface area contributed by atoms with Crippen LogP contribution in [0.15, 0.2) is 34.4 Å². The van der Waals surface area contributed by atoms with Crippen LogP contribution in [-0.4, -0.2) is 60.2 Å². The van der Waals surface area contributed by atoms with Crippen molar-refractivity contribution in [3.63, 3.8) is 0 Å². The van der Waals surface area contributed by atoms with Crippen molar-refractivity contribution in [2.24, 2.45) is 5.92 Å². The van der Waals surface area contributed by atoms with Crippen molar-refractivity contribution in [1.29, 1.82) is 0 Å². The maximum absolute atomic E-state index is 12.7. The standard InChI is InChI=1S/C20H25BrN6O2/c1-12-10-14(21)4-5-16(12)27-11-15-17(24-27)22-20(23-18(15)28)26-8-6-25(7-9-26)19(29)13-2-3-13/h4-5,10-11,13,17,20,22,24H,2-3,6-9H2,1H3,(H,23,28). The van der Waals surface area contributed by atoms with Crippen LogP contribution in [0, 0.1) is 12.8 Å². The van der Waals surface area contributed by atoms with E-state index in [2.05, 4.69) is 43.0 Å². The Morgan fingerprint density at radius 3 is 2.62 bits per heavy atom. The Kier molecular flexibility index (Phi) is 4.85. The minimum atomic E-state index is -0.249. The van der Waals surface area contributed by atoms with Gasteiger partial charge in [-0.1, -0.05) is 15.9 Å². The fourth-order valence-electron chi connectivity index (χ4n) is 4.20. The lowest BCUT2D eigenvalue weighted by Gasteiger charge is -2.42. The lowest BCUT2D eigenvalue weighted by atomic mass is 10.1. The van der Waals surface area contributed by atoms with Gasteiger partial charge in [-0.3, -0.25) is 24.8 Å². The van der Waals surface area contributed by atoms with Crippen molar-refractivity contribution in [3.05, 3.63) is 40.0 Å². The van der Waals surface area contributed by atoms with E-state index in [0.29, 0.717) is 24.6 Å². The zero-order valence-electron chi connectivity index (χ0n) is 16.3. The van der Waals surface area contributed by atoms with Crippen LogP contribution in [0.4, 0.5) is 5.69 Å². The Morgan fingerprint density at radius 2 is 1.93 bits per heavy atom. The highest BCUT2D eigenvalue weighted by Gasteiger charge is 2.40. The fraction of sp³-hybridized carbons (Fsp3) is 0.500. The van der Waals surface area contributed by atoms with Gasteiger partial charge in [0.1, 0.15) is 12.5 Å². The van der Waals surface area contributed by atoms with Gasteiger partial charge < -0.3 is 10.2 Å². The van der Waals surface area contributed by atoms with Crippen LogP contribution < -0.4 is 21.1 Å². The highest BCUT2D eigenvalue weighted by molar-refractivity contribution is 9.10. The van der Waals surface area contributed by atoms with E-state index in [-0.39, 0.29) is 24.3 Å². The second-order valence-corrected chi connectivity index (χ2v) is 9.04. The average molecular weight is 461 g/mol. The maximum atomic E-state index is 12.7. The summed E-state index contributed by atoms with van der Waals surface area (Å²) in [5.41, 5.74) is 6.17. The van der Waals surface area contributed by atoms with Gasteiger partial charge in [0.25, 0.3) is 5.91 Å². The van der Waals surface area contributed by atoms with Crippen LogP contribution in [0.5, 0.6) is 0 Å². The van der Waals surface area contributed by atoms with Gasteiger partial charge in [0.05, 0.1) is 11.3 Å². The summed E-state index contributed by atoms with van der Waals surface area (Å²) in [6.07, 6.45) is 3.43. The molecule has 5 rings (SSSR count). The Hall–Kier alpha value is -1.94. The number of carbonyl (C=O) groups is 2. The van der Waals surface area contributed by atoms with Crippen molar-refractivity contribution in [2.45, 2.75) is 32.2 Å². The lowest BCUT2D eigenvalue weighted by molar-refractivity contribution is -0.136. The second kappa shape index (κ2) is 7.39. The SMILES string of the molecule is Cc1cc(Br)ccc1N1C=C2C(=O)NC(N3CCN(C(=O)C4CC4)CC3)NC2N1. The number of hydrogen-bond acceptors (Lipinski definition) is 6. The number of amides is 2. The molecule has 2 saturated heterocycles. The second-order valence-electron chi connectivity index (χ2n) is 8.13. The quantitative estimate of drug-likeness (QED) is 0.620. The van der Waals surface area contributed by atoms with Crippen molar-refractivity contribution in [3.8, 4) is 0 Å². The molecule has 1 aliphatic carbocycles. The summed E-state index contributed by atoms with van der Waals surface area (Å²) in [7, 11) is 0. The summed E-state index contributed by atoms with van der Waals surface area (Å²) < 4.78 is 1.03.